The lowest BCUT2D eigenvalue weighted by Crippen LogP contribution is -2.49. The van der Waals surface area contributed by atoms with Gasteiger partial charge in [0.25, 0.3) is 0 Å². The van der Waals surface area contributed by atoms with Crippen LogP contribution < -0.4 is 31.9 Å². The Morgan fingerprint density at radius 3 is 2.46 bits per heavy atom. The second-order valence-corrected chi connectivity index (χ2v) is 12.6. The lowest BCUT2D eigenvalue weighted by Gasteiger charge is -2.35. The Hall–Kier alpha value is -4.30. The van der Waals surface area contributed by atoms with E-state index in [1.807, 2.05) is 46.1 Å². The first-order chi connectivity index (χ1) is 24.4. The summed E-state index contributed by atoms with van der Waals surface area (Å²) in [6.07, 6.45) is 11.1. The highest BCUT2D eigenvalue weighted by Gasteiger charge is 2.22. The lowest BCUT2D eigenvalue weighted by molar-refractivity contribution is -0.131. The number of benzene rings is 1. The SMILES string of the molecule is CCCCC(=O)N1CCN(c2cc(N)nc(NCc3cn(CCCNCCCNC(CC)CCC)nn3)n2)CC1.O=CNCc1ccccc1. The van der Waals surface area contributed by atoms with Crippen molar-refractivity contribution >= 4 is 29.9 Å². The van der Waals surface area contributed by atoms with Gasteiger partial charge in [-0.05, 0) is 57.3 Å². The number of hydrogen-bond donors (Lipinski definition) is 5. The molecule has 1 saturated heterocycles. The van der Waals surface area contributed by atoms with Gasteiger partial charge in [0.15, 0.2) is 0 Å². The molecule has 3 aromatic rings. The molecule has 1 aliphatic rings. The molecule has 1 aliphatic heterocycles. The fraction of sp³-hybridized carbons (Fsp3) is 0.611. The van der Waals surface area contributed by atoms with Crippen molar-refractivity contribution in [1.82, 2.24) is 45.8 Å². The Morgan fingerprint density at radius 2 is 1.74 bits per heavy atom. The van der Waals surface area contributed by atoms with E-state index in [1.165, 1.54) is 19.3 Å². The Kier molecular flexibility index (Phi) is 19.2. The maximum Gasteiger partial charge on any atom is 0.226 e. The molecule has 0 spiro atoms. The summed E-state index contributed by atoms with van der Waals surface area (Å²) < 4.78 is 1.88. The first kappa shape index (κ1) is 40.1. The van der Waals surface area contributed by atoms with Crippen LogP contribution in [0.2, 0.25) is 0 Å². The van der Waals surface area contributed by atoms with Crippen LogP contribution >= 0.6 is 0 Å². The molecule has 0 bridgehead atoms. The highest BCUT2D eigenvalue weighted by molar-refractivity contribution is 5.76. The number of rotatable bonds is 22. The van der Waals surface area contributed by atoms with Gasteiger partial charge in [0.2, 0.25) is 18.3 Å². The van der Waals surface area contributed by atoms with Crippen molar-refractivity contribution in [2.24, 2.45) is 0 Å². The van der Waals surface area contributed by atoms with E-state index in [1.54, 1.807) is 6.07 Å². The summed E-state index contributed by atoms with van der Waals surface area (Å²) in [4.78, 5) is 35.3. The lowest BCUT2D eigenvalue weighted by atomic mass is 10.1. The van der Waals surface area contributed by atoms with Crippen molar-refractivity contribution in [3.63, 3.8) is 0 Å². The number of piperazine rings is 1. The summed E-state index contributed by atoms with van der Waals surface area (Å²) in [5.41, 5.74) is 8.03. The van der Waals surface area contributed by atoms with Gasteiger partial charge in [0.05, 0.1) is 12.7 Å². The van der Waals surface area contributed by atoms with E-state index in [2.05, 4.69) is 67.2 Å². The van der Waals surface area contributed by atoms with Gasteiger partial charge in [-0.15, -0.1) is 5.10 Å². The molecule has 3 heterocycles. The van der Waals surface area contributed by atoms with Crippen LogP contribution in [0.4, 0.5) is 17.6 Å². The minimum absolute atomic E-state index is 0.242. The molecule has 0 radical (unpaired) electrons. The normalized spacial score (nSPS) is 13.3. The van der Waals surface area contributed by atoms with Crippen LogP contribution in [0.15, 0.2) is 42.6 Å². The molecule has 14 nitrogen and oxygen atoms in total. The molecule has 6 N–H and O–H groups in total. The molecule has 14 heteroatoms. The van der Waals surface area contributed by atoms with Crippen molar-refractivity contribution in [2.45, 2.75) is 97.8 Å². The molecule has 276 valence electrons. The summed E-state index contributed by atoms with van der Waals surface area (Å²) in [6, 6.07) is 12.2. The molecule has 1 unspecified atom stereocenters. The predicted octanol–water partition coefficient (Wildman–Crippen LogP) is 3.57. The van der Waals surface area contributed by atoms with Crippen molar-refractivity contribution < 1.29 is 9.59 Å². The third-order valence-electron chi connectivity index (χ3n) is 8.51. The van der Waals surface area contributed by atoms with E-state index in [9.17, 15) is 9.59 Å². The van der Waals surface area contributed by atoms with Gasteiger partial charge < -0.3 is 36.8 Å². The van der Waals surface area contributed by atoms with Crippen LogP contribution in [0.5, 0.6) is 0 Å². The van der Waals surface area contributed by atoms with E-state index >= 15 is 0 Å². The number of unbranched alkanes of at least 4 members (excludes halogenated alkanes) is 1. The average molecular weight is 693 g/mol. The van der Waals surface area contributed by atoms with Gasteiger partial charge in [0.1, 0.15) is 17.3 Å². The molecular weight excluding hydrogens is 632 g/mol. The third kappa shape index (κ3) is 15.5. The zero-order valence-electron chi connectivity index (χ0n) is 30.4. The number of nitrogens with two attached hydrogens (primary N) is 1. The van der Waals surface area contributed by atoms with E-state index in [4.69, 9.17) is 5.73 Å². The highest BCUT2D eigenvalue weighted by Crippen LogP contribution is 2.19. The van der Waals surface area contributed by atoms with Crippen LogP contribution in [0, 0.1) is 0 Å². The molecule has 0 saturated carbocycles. The van der Waals surface area contributed by atoms with E-state index in [-0.39, 0.29) is 5.91 Å². The molecule has 1 fully saturated rings. The second kappa shape index (κ2) is 24.0. The highest BCUT2D eigenvalue weighted by atomic mass is 16.2. The Labute approximate surface area is 298 Å². The van der Waals surface area contributed by atoms with Gasteiger partial charge in [-0.2, -0.15) is 9.97 Å². The number of amides is 2. The van der Waals surface area contributed by atoms with Crippen LogP contribution in [0.25, 0.3) is 0 Å². The smallest absolute Gasteiger partial charge is 0.226 e. The van der Waals surface area contributed by atoms with Crippen LogP contribution in [0.3, 0.4) is 0 Å². The van der Waals surface area contributed by atoms with Crippen molar-refractivity contribution in [1.29, 1.82) is 0 Å². The van der Waals surface area contributed by atoms with Crippen LogP contribution in [-0.4, -0.2) is 94.0 Å². The number of nitrogens with one attached hydrogen (secondary N) is 4. The predicted molar refractivity (Wildman–Crippen MR) is 201 cm³/mol. The van der Waals surface area contributed by atoms with E-state index < -0.39 is 0 Å². The number of nitrogen functional groups attached to an aromatic ring is 1. The van der Waals surface area contributed by atoms with Gasteiger partial charge in [-0.3, -0.25) is 14.3 Å². The van der Waals surface area contributed by atoms with Crippen LogP contribution in [0.1, 0.15) is 83.4 Å². The standard InChI is InChI=1S/C28H51N11O.C8H9NO/c1-4-7-11-27(40)38-18-16-37(17-19-38)26-20-25(29)33-28(34-26)32-21-24-22-39(36-35-24)15-9-13-30-12-8-14-31-23(6-3)10-5-2;10-7-9-6-8-4-2-1-3-5-8/h20,22-23,30-31H,4-19,21H2,1-3H3,(H3,29,32,33,34);1-5,7H,6H2,(H,9,10). The molecule has 2 amide bonds. The van der Waals surface area contributed by atoms with Gasteiger partial charge in [-0.1, -0.05) is 69.2 Å². The van der Waals surface area contributed by atoms with Crippen molar-refractivity contribution in [3.05, 3.63) is 53.9 Å². The number of carbonyl (C=O) groups is 2. The molecule has 1 atom stereocenters. The maximum atomic E-state index is 12.3. The summed E-state index contributed by atoms with van der Waals surface area (Å²) in [5, 5.41) is 21.5. The van der Waals surface area contributed by atoms with Gasteiger partial charge in [-0.25, -0.2) is 0 Å². The molecular formula is C36H60N12O2. The van der Waals surface area contributed by atoms with E-state index in [0.717, 1.165) is 82.0 Å². The van der Waals surface area contributed by atoms with Gasteiger partial charge in [0, 0.05) is 57.8 Å². The first-order valence-corrected chi connectivity index (χ1v) is 18.4. The molecule has 4 rings (SSSR count). The largest absolute Gasteiger partial charge is 0.383 e. The molecule has 1 aromatic carbocycles. The number of aromatic nitrogens is 5. The summed E-state index contributed by atoms with van der Waals surface area (Å²) in [7, 11) is 0. The number of carbonyl (C=O) groups excluding carboxylic acids is 2. The fourth-order valence-corrected chi connectivity index (χ4v) is 5.63. The fourth-order valence-electron chi connectivity index (χ4n) is 5.63. The second-order valence-electron chi connectivity index (χ2n) is 12.6. The van der Waals surface area contributed by atoms with Crippen LogP contribution in [-0.2, 0) is 29.2 Å². The average Bonchev–Trinajstić information content (AvgIpc) is 3.61. The Balaban J connectivity index is 0.000000578. The van der Waals surface area contributed by atoms with Crippen molar-refractivity contribution in [2.75, 3.05) is 61.8 Å². The minimum atomic E-state index is 0.242. The molecule has 2 aromatic heterocycles. The third-order valence-corrected chi connectivity index (χ3v) is 8.51. The molecule has 0 aliphatic carbocycles. The Bertz CT molecular complexity index is 1350. The summed E-state index contributed by atoms with van der Waals surface area (Å²) >= 11 is 0. The zero-order chi connectivity index (χ0) is 35.8. The number of aryl methyl sites for hydroxylation is 1. The number of nitrogens with zero attached hydrogens (tertiary/aromatic N) is 7. The van der Waals surface area contributed by atoms with Gasteiger partial charge >= 0.3 is 0 Å². The molecule has 50 heavy (non-hydrogen) atoms. The number of anilines is 3. The first-order valence-electron chi connectivity index (χ1n) is 18.4. The quantitative estimate of drug-likeness (QED) is 0.0770. The number of hydrogen-bond acceptors (Lipinski definition) is 11. The minimum Gasteiger partial charge on any atom is -0.383 e. The maximum absolute atomic E-state index is 12.3. The Morgan fingerprint density at radius 1 is 0.960 bits per heavy atom. The monoisotopic (exact) mass is 692 g/mol. The zero-order valence-corrected chi connectivity index (χ0v) is 30.4. The topological polar surface area (TPSA) is 171 Å². The summed E-state index contributed by atoms with van der Waals surface area (Å²) in [6.45, 7) is 14.4. The van der Waals surface area contributed by atoms with E-state index in [0.29, 0.717) is 56.8 Å². The summed E-state index contributed by atoms with van der Waals surface area (Å²) in [5.74, 6) is 1.89. The van der Waals surface area contributed by atoms with Crippen molar-refractivity contribution in [3.8, 4) is 0 Å².